The SMILES string of the molecule is CC(=O)OCCNc1ccc2c(c1)C(C)(C)c1ccccc1-2. The van der Waals surface area contributed by atoms with Crippen LogP contribution >= 0.6 is 0 Å². The Bertz CT molecular complexity index is 719. The van der Waals surface area contributed by atoms with E-state index in [1.54, 1.807) is 0 Å². The summed E-state index contributed by atoms with van der Waals surface area (Å²) in [5, 5.41) is 3.32. The molecule has 3 nitrogen and oxygen atoms in total. The zero-order valence-corrected chi connectivity index (χ0v) is 13.3. The Labute approximate surface area is 131 Å². The average molecular weight is 295 g/mol. The Hall–Kier alpha value is -2.29. The molecule has 0 fully saturated rings. The fraction of sp³-hybridized carbons (Fsp3) is 0.316. The highest BCUT2D eigenvalue weighted by atomic mass is 16.5. The summed E-state index contributed by atoms with van der Waals surface area (Å²) in [5.41, 5.74) is 6.43. The van der Waals surface area contributed by atoms with Gasteiger partial charge in [-0.05, 0) is 34.4 Å². The predicted octanol–water partition coefficient (Wildman–Crippen LogP) is 3.97. The summed E-state index contributed by atoms with van der Waals surface area (Å²) >= 11 is 0. The number of carbonyl (C=O) groups excluding carboxylic acids is 1. The molecule has 0 heterocycles. The molecule has 2 aromatic carbocycles. The summed E-state index contributed by atoms with van der Waals surface area (Å²) in [7, 11) is 0. The minimum Gasteiger partial charge on any atom is -0.464 e. The predicted molar refractivity (Wildman–Crippen MR) is 89.1 cm³/mol. The van der Waals surface area contributed by atoms with E-state index in [1.807, 2.05) is 0 Å². The van der Waals surface area contributed by atoms with Gasteiger partial charge in [0, 0.05) is 24.6 Å². The molecule has 114 valence electrons. The van der Waals surface area contributed by atoms with Gasteiger partial charge in [-0.15, -0.1) is 0 Å². The van der Waals surface area contributed by atoms with Crippen LogP contribution in [0.3, 0.4) is 0 Å². The van der Waals surface area contributed by atoms with Gasteiger partial charge in [0.15, 0.2) is 0 Å². The summed E-state index contributed by atoms with van der Waals surface area (Å²) in [5.74, 6) is -0.243. The lowest BCUT2D eigenvalue weighted by Crippen LogP contribution is -2.16. The number of ether oxygens (including phenoxy) is 1. The quantitative estimate of drug-likeness (QED) is 0.685. The van der Waals surface area contributed by atoms with Gasteiger partial charge in [0.2, 0.25) is 0 Å². The van der Waals surface area contributed by atoms with Crippen LogP contribution in [0, 0.1) is 0 Å². The standard InChI is InChI=1S/C19H21NO2/c1-13(21)22-11-10-20-14-8-9-16-15-6-4-5-7-17(15)19(2,3)18(16)12-14/h4-9,12,20H,10-11H2,1-3H3. The van der Waals surface area contributed by atoms with Crippen LogP contribution in [-0.2, 0) is 14.9 Å². The molecule has 0 aliphatic heterocycles. The first-order valence-corrected chi connectivity index (χ1v) is 7.62. The molecule has 3 heteroatoms. The van der Waals surface area contributed by atoms with E-state index in [0.717, 1.165) is 5.69 Å². The van der Waals surface area contributed by atoms with Crippen molar-refractivity contribution in [3.63, 3.8) is 0 Å². The third-order valence-electron chi connectivity index (χ3n) is 4.32. The van der Waals surface area contributed by atoms with Crippen LogP contribution in [0.1, 0.15) is 31.9 Å². The third-order valence-corrected chi connectivity index (χ3v) is 4.32. The van der Waals surface area contributed by atoms with Crippen LogP contribution in [0.25, 0.3) is 11.1 Å². The number of rotatable bonds is 4. The second-order valence-electron chi connectivity index (χ2n) is 6.20. The molecule has 0 atom stereocenters. The molecule has 0 amide bonds. The first kappa shape index (κ1) is 14.6. The minimum atomic E-state index is -0.243. The molecule has 0 bridgehead atoms. The van der Waals surface area contributed by atoms with Crippen LogP contribution in [-0.4, -0.2) is 19.1 Å². The van der Waals surface area contributed by atoms with E-state index in [-0.39, 0.29) is 11.4 Å². The third kappa shape index (κ3) is 2.47. The smallest absolute Gasteiger partial charge is 0.302 e. The van der Waals surface area contributed by atoms with E-state index in [2.05, 4.69) is 61.6 Å². The Morgan fingerprint density at radius 3 is 2.59 bits per heavy atom. The molecule has 3 rings (SSSR count). The molecule has 0 unspecified atom stereocenters. The second kappa shape index (κ2) is 5.48. The lowest BCUT2D eigenvalue weighted by Gasteiger charge is -2.22. The van der Waals surface area contributed by atoms with Crippen LogP contribution in [0.5, 0.6) is 0 Å². The van der Waals surface area contributed by atoms with Crippen molar-refractivity contribution in [2.45, 2.75) is 26.2 Å². The maximum absolute atomic E-state index is 10.8. The molecule has 2 aromatic rings. The fourth-order valence-electron chi connectivity index (χ4n) is 3.20. The highest BCUT2D eigenvalue weighted by Crippen LogP contribution is 2.49. The summed E-state index contributed by atoms with van der Waals surface area (Å²) in [6.07, 6.45) is 0. The van der Waals surface area contributed by atoms with Crippen molar-refractivity contribution in [2.24, 2.45) is 0 Å². The summed E-state index contributed by atoms with van der Waals surface area (Å²) < 4.78 is 4.95. The fourth-order valence-corrected chi connectivity index (χ4v) is 3.20. The van der Waals surface area contributed by atoms with Gasteiger partial charge in [-0.3, -0.25) is 4.79 Å². The number of carbonyl (C=O) groups is 1. The van der Waals surface area contributed by atoms with Gasteiger partial charge >= 0.3 is 5.97 Å². The molecular weight excluding hydrogens is 274 g/mol. The number of benzene rings is 2. The maximum atomic E-state index is 10.8. The van der Waals surface area contributed by atoms with Gasteiger partial charge in [-0.25, -0.2) is 0 Å². The Morgan fingerprint density at radius 1 is 1.09 bits per heavy atom. The van der Waals surface area contributed by atoms with Crippen LogP contribution in [0.4, 0.5) is 5.69 Å². The molecule has 1 aliphatic rings. The van der Waals surface area contributed by atoms with Crippen molar-refractivity contribution in [1.82, 2.24) is 0 Å². The lowest BCUT2D eigenvalue weighted by atomic mass is 9.82. The van der Waals surface area contributed by atoms with Crippen molar-refractivity contribution in [3.05, 3.63) is 53.6 Å². The second-order valence-corrected chi connectivity index (χ2v) is 6.20. The first-order valence-electron chi connectivity index (χ1n) is 7.62. The molecule has 0 radical (unpaired) electrons. The van der Waals surface area contributed by atoms with Gasteiger partial charge in [0.1, 0.15) is 6.61 Å². The Morgan fingerprint density at radius 2 is 1.82 bits per heavy atom. The largest absolute Gasteiger partial charge is 0.464 e. The number of hydrogen-bond donors (Lipinski definition) is 1. The van der Waals surface area contributed by atoms with Crippen LogP contribution in [0.15, 0.2) is 42.5 Å². The molecule has 0 aromatic heterocycles. The van der Waals surface area contributed by atoms with Crippen molar-refractivity contribution < 1.29 is 9.53 Å². The molecule has 1 N–H and O–H groups in total. The first-order chi connectivity index (χ1) is 10.5. The summed E-state index contributed by atoms with van der Waals surface area (Å²) in [6.45, 7) is 6.96. The van der Waals surface area contributed by atoms with Crippen molar-refractivity contribution >= 4 is 11.7 Å². The van der Waals surface area contributed by atoms with Gasteiger partial charge in [-0.1, -0.05) is 44.2 Å². The highest BCUT2D eigenvalue weighted by Gasteiger charge is 2.34. The van der Waals surface area contributed by atoms with E-state index in [4.69, 9.17) is 4.74 Å². The van der Waals surface area contributed by atoms with Crippen molar-refractivity contribution in [3.8, 4) is 11.1 Å². The van der Waals surface area contributed by atoms with Gasteiger partial charge in [0.05, 0.1) is 0 Å². The van der Waals surface area contributed by atoms with Gasteiger partial charge in [-0.2, -0.15) is 0 Å². The molecule has 1 aliphatic carbocycles. The molecular formula is C19H21NO2. The topological polar surface area (TPSA) is 38.3 Å². The molecule has 0 saturated carbocycles. The minimum absolute atomic E-state index is 0.0134. The van der Waals surface area contributed by atoms with E-state index in [9.17, 15) is 4.79 Å². The van der Waals surface area contributed by atoms with Gasteiger partial charge < -0.3 is 10.1 Å². The zero-order valence-electron chi connectivity index (χ0n) is 13.3. The number of nitrogens with one attached hydrogen (secondary N) is 1. The summed E-state index contributed by atoms with van der Waals surface area (Å²) in [6, 6.07) is 15.1. The van der Waals surface area contributed by atoms with E-state index in [0.29, 0.717) is 13.2 Å². The maximum Gasteiger partial charge on any atom is 0.302 e. The number of esters is 1. The molecule has 0 saturated heterocycles. The van der Waals surface area contributed by atoms with Crippen molar-refractivity contribution in [1.29, 1.82) is 0 Å². The van der Waals surface area contributed by atoms with Crippen LogP contribution < -0.4 is 5.32 Å². The monoisotopic (exact) mass is 295 g/mol. The van der Waals surface area contributed by atoms with Crippen molar-refractivity contribution in [2.75, 3.05) is 18.5 Å². The molecule has 22 heavy (non-hydrogen) atoms. The molecule has 0 spiro atoms. The van der Waals surface area contributed by atoms with E-state index >= 15 is 0 Å². The average Bonchev–Trinajstić information content (AvgIpc) is 2.73. The normalized spacial score (nSPS) is 14.1. The van der Waals surface area contributed by atoms with Gasteiger partial charge in [0.25, 0.3) is 0 Å². The number of anilines is 1. The van der Waals surface area contributed by atoms with Crippen LogP contribution in [0.2, 0.25) is 0 Å². The Balaban J connectivity index is 1.83. The number of hydrogen-bond acceptors (Lipinski definition) is 3. The van der Waals surface area contributed by atoms with E-state index in [1.165, 1.54) is 29.2 Å². The number of fused-ring (bicyclic) bond motifs is 3. The summed E-state index contributed by atoms with van der Waals surface area (Å²) in [4.78, 5) is 10.8. The highest BCUT2D eigenvalue weighted by molar-refractivity contribution is 5.82. The Kier molecular flexibility index (Phi) is 3.65. The lowest BCUT2D eigenvalue weighted by molar-refractivity contribution is -0.140. The zero-order chi connectivity index (χ0) is 15.7. The van der Waals surface area contributed by atoms with E-state index < -0.39 is 0 Å².